The third-order valence-electron chi connectivity index (χ3n) is 3.68. The fraction of sp³-hybridized carbons (Fsp3) is 0.615. The molecule has 1 saturated heterocycles. The molecule has 3 N–H and O–H groups in total. The lowest BCUT2D eigenvalue weighted by Gasteiger charge is -2.22. The van der Waals surface area contributed by atoms with Gasteiger partial charge in [-0.1, -0.05) is 6.92 Å². The summed E-state index contributed by atoms with van der Waals surface area (Å²) in [7, 11) is 1.38. The molecule has 5 nitrogen and oxygen atoms in total. The number of nitrogens with zero attached hydrogens (tertiary/aromatic N) is 1. The average molecular weight is 251 g/mol. The van der Waals surface area contributed by atoms with Gasteiger partial charge >= 0.3 is 5.97 Å². The number of hydrogen-bond acceptors (Lipinski definition) is 4. The van der Waals surface area contributed by atoms with Crippen LogP contribution in [0.25, 0.3) is 0 Å². The summed E-state index contributed by atoms with van der Waals surface area (Å²) in [6.45, 7) is 5.84. The number of likely N-dealkylation sites (tertiary alicyclic amines) is 1. The Morgan fingerprint density at radius 3 is 3.00 bits per heavy atom. The van der Waals surface area contributed by atoms with E-state index in [2.05, 4.69) is 21.5 Å². The predicted molar refractivity (Wildman–Crippen MR) is 69.2 cm³/mol. The maximum absolute atomic E-state index is 11.3. The number of rotatable bonds is 4. The van der Waals surface area contributed by atoms with Crippen molar-refractivity contribution in [1.82, 2.24) is 9.88 Å². The minimum Gasteiger partial charge on any atom is -0.464 e. The lowest BCUT2D eigenvalue weighted by atomic mass is 9.90. The van der Waals surface area contributed by atoms with Gasteiger partial charge in [0.1, 0.15) is 5.69 Å². The summed E-state index contributed by atoms with van der Waals surface area (Å²) >= 11 is 0. The minimum absolute atomic E-state index is 0.234. The molecule has 0 aliphatic carbocycles. The zero-order valence-electron chi connectivity index (χ0n) is 11.0. The van der Waals surface area contributed by atoms with E-state index in [9.17, 15) is 4.79 Å². The molecule has 1 atom stereocenters. The molecule has 0 amide bonds. The van der Waals surface area contributed by atoms with Crippen molar-refractivity contribution in [2.24, 2.45) is 11.1 Å². The Hall–Kier alpha value is -1.33. The van der Waals surface area contributed by atoms with E-state index in [0.717, 1.165) is 38.3 Å². The molecule has 1 fully saturated rings. The molecule has 0 saturated carbocycles. The van der Waals surface area contributed by atoms with E-state index in [1.54, 1.807) is 6.07 Å². The summed E-state index contributed by atoms with van der Waals surface area (Å²) in [5, 5.41) is 0. The molecular formula is C13H21N3O2. The molecule has 100 valence electrons. The maximum Gasteiger partial charge on any atom is 0.354 e. The van der Waals surface area contributed by atoms with E-state index in [-0.39, 0.29) is 11.4 Å². The first kappa shape index (κ1) is 13.1. The highest BCUT2D eigenvalue weighted by Gasteiger charge is 2.32. The first-order chi connectivity index (χ1) is 8.56. The van der Waals surface area contributed by atoms with Crippen LogP contribution in [-0.2, 0) is 11.3 Å². The monoisotopic (exact) mass is 251 g/mol. The van der Waals surface area contributed by atoms with Crippen molar-refractivity contribution < 1.29 is 9.53 Å². The van der Waals surface area contributed by atoms with Crippen LogP contribution in [0.15, 0.2) is 12.1 Å². The van der Waals surface area contributed by atoms with Crippen LogP contribution in [0.1, 0.15) is 29.5 Å². The van der Waals surface area contributed by atoms with Gasteiger partial charge in [-0.25, -0.2) is 4.79 Å². The fourth-order valence-corrected chi connectivity index (χ4v) is 2.43. The van der Waals surface area contributed by atoms with E-state index < -0.39 is 0 Å². The van der Waals surface area contributed by atoms with Crippen LogP contribution in [0, 0.1) is 5.41 Å². The van der Waals surface area contributed by atoms with E-state index in [0.29, 0.717) is 5.69 Å². The normalized spacial score (nSPS) is 24.4. The molecule has 1 aromatic heterocycles. The number of carbonyl (C=O) groups excluding carboxylic acids is 1. The molecule has 2 heterocycles. The number of esters is 1. The topological polar surface area (TPSA) is 71.3 Å². The highest BCUT2D eigenvalue weighted by Crippen LogP contribution is 2.29. The van der Waals surface area contributed by atoms with Gasteiger partial charge in [0.15, 0.2) is 0 Å². The first-order valence-corrected chi connectivity index (χ1v) is 6.25. The van der Waals surface area contributed by atoms with Gasteiger partial charge in [0.05, 0.1) is 7.11 Å². The van der Waals surface area contributed by atoms with Gasteiger partial charge in [-0.15, -0.1) is 0 Å². The number of nitrogens with one attached hydrogen (secondary N) is 1. The first-order valence-electron chi connectivity index (χ1n) is 6.25. The van der Waals surface area contributed by atoms with Crippen LogP contribution >= 0.6 is 0 Å². The van der Waals surface area contributed by atoms with Gasteiger partial charge in [0.2, 0.25) is 0 Å². The molecule has 18 heavy (non-hydrogen) atoms. The standard InChI is InChI=1S/C13H21N3O2/c1-13(8-14)5-6-16(9-13)7-10-3-4-11(15-10)12(17)18-2/h3-4,15H,5-9,14H2,1-2H3. The second-order valence-electron chi connectivity index (χ2n) is 5.36. The van der Waals surface area contributed by atoms with Crippen LogP contribution in [0.5, 0.6) is 0 Å². The van der Waals surface area contributed by atoms with Crippen LogP contribution < -0.4 is 5.73 Å². The number of carbonyl (C=O) groups is 1. The Labute approximate surface area is 107 Å². The number of hydrogen-bond donors (Lipinski definition) is 2. The Bertz CT molecular complexity index is 430. The molecule has 0 radical (unpaired) electrons. The van der Waals surface area contributed by atoms with Crippen molar-refractivity contribution in [3.8, 4) is 0 Å². The Morgan fingerprint density at radius 1 is 1.61 bits per heavy atom. The van der Waals surface area contributed by atoms with Crippen molar-refractivity contribution in [2.45, 2.75) is 19.9 Å². The van der Waals surface area contributed by atoms with Crippen molar-refractivity contribution in [1.29, 1.82) is 0 Å². The molecule has 0 aromatic carbocycles. The molecule has 1 unspecified atom stereocenters. The predicted octanol–water partition coefficient (Wildman–Crippen LogP) is 0.972. The highest BCUT2D eigenvalue weighted by atomic mass is 16.5. The number of aromatic nitrogens is 1. The molecule has 0 spiro atoms. The summed E-state index contributed by atoms with van der Waals surface area (Å²) in [5.41, 5.74) is 7.57. The van der Waals surface area contributed by atoms with Gasteiger partial charge < -0.3 is 15.5 Å². The molecule has 1 aromatic rings. The van der Waals surface area contributed by atoms with Gasteiger partial charge in [-0.2, -0.15) is 0 Å². The minimum atomic E-state index is -0.325. The number of aromatic amines is 1. The number of ether oxygens (including phenoxy) is 1. The van der Waals surface area contributed by atoms with Crippen molar-refractivity contribution >= 4 is 5.97 Å². The van der Waals surface area contributed by atoms with Crippen LogP contribution in [0.4, 0.5) is 0 Å². The second-order valence-corrected chi connectivity index (χ2v) is 5.36. The van der Waals surface area contributed by atoms with Crippen LogP contribution in [-0.4, -0.2) is 42.6 Å². The molecule has 1 aliphatic rings. The Kier molecular flexibility index (Phi) is 3.73. The second kappa shape index (κ2) is 5.12. The van der Waals surface area contributed by atoms with Crippen LogP contribution in [0.3, 0.4) is 0 Å². The zero-order chi connectivity index (χ0) is 13.2. The highest BCUT2D eigenvalue weighted by molar-refractivity contribution is 5.87. The van der Waals surface area contributed by atoms with Gasteiger partial charge in [0.25, 0.3) is 0 Å². The SMILES string of the molecule is COC(=O)c1ccc(CN2CCC(C)(CN)C2)[nH]1. The summed E-state index contributed by atoms with van der Waals surface area (Å²) in [5.74, 6) is -0.325. The van der Waals surface area contributed by atoms with Gasteiger partial charge in [-0.3, -0.25) is 4.90 Å². The lowest BCUT2D eigenvalue weighted by Crippen LogP contribution is -2.31. The van der Waals surface area contributed by atoms with E-state index in [4.69, 9.17) is 5.73 Å². The van der Waals surface area contributed by atoms with Crippen molar-refractivity contribution in [3.63, 3.8) is 0 Å². The lowest BCUT2D eigenvalue weighted by molar-refractivity contribution is 0.0594. The van der Waals surface area contributed by atoms with Crippen LogP contribution in [0.2, 0.25) is 0 Å². The molecule has 2 rings (SSSR count). The van der Waals surface area contributed by atoms with Gasteiger partial charge in [0, 0.05) is 18.8 Å². The smallest absolute Gasteiger partial charge is 0.354 e. The zero-order valence-corrected chi connectivity index (χ0v) is 11.0. The fourth-order valence-electron chi connectivity index (χ4n) is 2.43. The molecular weight excluding hydrogens is 230 g/mol. The summed E-state index contributed by atoms with van der Waals surface area (Å²) in [4.78, 5) is 16.8. The maximum atomic E-state index is 11.3. The van der Waals surface area contributed by atoms with Crippen molar-refractivity contribution in [3.05, 3.63) is 23.5 Å². The van der Waals surface area contributed by atoms with E-state index in [1.807, 2.05) is 6.07 Å². The number of H-pyrrole nitrogens is 1. The largest absolute Gasteiger partial charge is 0.464 e. The average Bonchev–Trinajstić information content (AvgIpc) is 2.97. The number of methoxy groups -OCH3 is 1. The molecule has 1 aliphatic heterocycles. The molecule has 5 heteroatoms. The summed E-state index contributed by atoms with van der Waals surface area (Å²) in [6.07, 6.45) is 1.13. The van der Waals surface area contributed by atoms with Gasteiger partial charge in [-0.05, 0) is 37.1 Å². The quantitative estimate of drug-likeness (QED) is 0.782. The third kappa shape index (κ3) is 2.73. The summed E-state index contributed by atoms with van der Waals surface area (Å²) < 4.78 is 4.67. The number of nitrogens with two attached hydrogens (primary N) is 1. The molecule has 0 bridgehead atoms. The summed E-state index contributed by atoms with van der Waals surface area (Å²) in [6, 6.07) is 3.70. The third-order valence-corrected chi connectivity index (χ3v) is 3.68. The Morgan fingerprint density at radius 2 is 2.39 bits per heavy atom. The van der Waals surface area contributed by atoms with E-state index >= 15 is 0 Å². The van der Waals surface area contributed by atoms with Crippen molar-refractivity contribution in [2.75, 3.05) is 26.7 Å². The Balaban J connectivity index is 1.95. The van der Waals surface area contributed by atoms with E-state index in [1.165, 1.54) is 7.11 Å².